The Balaban J connectivity index is 1.46. The van der Waals surface area contributed by atoms with Gasteiger partial charge in [0.15, 0.2) is 0 Å². The largest absolute Gasteiger partial charge is 0.472 e. The molecular weight excluding hydrogens is 319 g/mol. The summed E-state index contributed by atoms with van der Waals surface area (Å²) in [4.78, 5) is 16.9. The van der Waals surface area contributed by atoms with Crippen LogP contribution in [-0.2, 0) is 16.8 Å². The number of amides is 1. The van der Waals surface area contributed by atoms with Crippen LogP contribution in [-0.4, -0.2) is 10.9 Å². The molecule has 1 aliphatic rings. The predicted molar refractivity (Wildman–Crippen MR) is 91.1 cm³/mol. The van der Waals surface area contributed by atoms with Crippen LogP contribution in [0, 0.1) is 5.82 Å². The number of nitrogens with zero attached hydrogens (tertiary/aromatic N) is 1. The molecule has 2 heterocycles. The molecule has 0 saturated heterocycles. The van der Waals surface area contributed by atoms with E-state index >= 15 is 0 Å². The first-order valence-corrected chi connectivity index (χ1v) is 8.18. The van der Waals surface area contributed by atoms with Crippen molar-refractivity contribution in [3.63, 3.8) is 0 Å². The van der Waals surface area contributed by atoms with Gasteiger partial charge in [0.25, 0.3) is 0 Å². The number of rotatable bonds is 5. The Kier molecular flexibility index (Phi) is 3.84. The predicted octanol–water partition coefficient (Wildman–Crippen LogP) is 3.83. The quantitative estimate of drug-likeness (QED) is 0.770. The van der Waals surface area contributed by atoms with Gasteiger partial charge in [0, 0.05) is 30.1 Å². The van der Waals surface area contributed by atoms with Crippen molar-refractivity contribution in [1.29, 1.82) is 0 Å². The van der Waals surface area contributed by atoms with Crippen molar-refractivity contribution in [2.24, 2.45) is 0 Å². The summed E-state index contributed by atoms with van der Waals surface area (Å²) in [5.74, 6) is -0.310. The third kappa shape index (κ3) is 3.05. The van der Waals surface area contributed by atoms with E-state index in [1.165, 1.54) is 12.1 Å². The van der Waals surface area contributed by atoms with Crippen LogP contribution in [0.25, 0.3) is 11.1 Å². The number of carbonyl (C=O) groups excluding carboxylic acids is 1. The van der Waals surface area contributed by atoms with Gasteiger partial charge in [-0.3, -0.25) is 9.78 Å². The number of pyridine rings is 1. The first-order chi connectivity index (χ1) is 12.2. The topological polar surface area (TPSA) is 55.1 Å². The highest BCUT2D eigenvalue weighted by molar-refractivity contribution is 5.91. The summed E-state index contributed by atoms with van der Waals surface area (Å²) in [6, 6.07) is 10.1. The molecule has 1 aliphatic carbocycles. The van der Waals surface area contributed by atoms with Crippen molar-refractivity contribution in [1.82, 2.24) is 10.3 Å². The van der Waals surface area contributed by atoms with E-state index in [1.54, 1.807) is 37.1 Å². The number of hydrogen-bond acceptors (Lipinski definition) is 3. The molecular formula is C20H17FN2O2. The molecule has 3 aromatic rings. The maximum Gasteiger partial charge on any atom is 0.230 e. The van der Waals surface area contributed by atoms with E-state index in [4.69, 9.17) is 4.42 Å². The second kappa shape index (κ2) is 6.16. The minimum atomic E-state index is -0.511. The van der Waals surface area contributed by atoms with Crippen LogP contribution < -0.4 is 5.32 Å². The van der Waals surface area contributed by atoms with Gasteiger partial charge in [0.1, 0.15) is 5.82 Å². The van der Waals surface area contributed by atoms with E-state index in [0.29, 0.717) is 6.54 Å². The average Bonchev–Trinajstić information content (AvgIpc) is 3.26. The minimum absolute atomic E-state index is 0.0205. The van der Waals surface area contributed by atoms with Gasteiger partial charge in [-0.05, 0) is 48.2 Å². The van der Waals surface area contributed by atoms with Crippen LogP contribution in [0.1, 0.15) is 24.0 Å². The highest BCUT2D eigenvalue weighted by Crippen LogP contribution is 2.48. The number of aromatic nitrogens is 1. The lowest BCUT2D eigenvalue weighted by atomic mass is 9.95. The van der Waals surface area contributed by atoms with E-state index in [0.717, 1.165) is 35.1 Å². The van der Waals surface area contributed by atoms with Crippen molar-refractivity contribution >= 4 is 5.91 Å². The number of furan rings is 1. The summed E-state index contributed by atoms with van der Waals surface area (Å²) in [6.45, 7) is 0.403. The van der Waals surface area contributed by atoms with Crippen molar-refractivity contribution in [3.05, 3.63) is 78.3 Å². The lowest BCUT2D eigenvalue weighted by Gasteiger charge is -2.16. The highest BCUT2D eigenvalue weighted by atomic mass is 19.1. The molecule has 2 aromatic heterocycles. The van der Waals surface area contributed by atoms with Gasteiger partial charge in [-0.15, -0.1) is 0 Å². The first-order valence-electron chi connectivity index (χ1n) is 8.18. The molecule has 4 nitrogen and oxygen atoms in total. The summed E-state index contributed by atoms with van der Waals surface area (Å²) in [5.41, 5.74) is 3.17. The van der Waals surface area contributed by atoms with E-state index in [9.17, 15) is 9.18 Å². The van der Waals surface area contributed by atoms with Crippen LogP contribution >= 0.6 is 0 Å². The van der Waals surface area contributed by atoms with Gasteiger partial charge >= 0.3 is 0 Å². The number of halogens is 1. The highest BCUT2D eigenvalue weighted by Gasteiger charge is 2.51. The molecule has 1 fully saturated rings. The molecule has 1 amide bonds. The fourth-order valence-electron chi connectivity index (χ4n) is 3.06. The van der Waals surface area contributed by atoms with Crippen LogP contribution in [0.5, 0.6) is 0 Å². The summed E-state index contributed by atoms with van der Waals surface area (Å²) in [5, 5.41) is 2.99. The fourth-order valence-corrected chi connectivity index (χ4v) is 3.06. The lowest BCUT2D eigenvalue weighted by Crippen LogP contribution is -2.34. The zero-order chi connectivity index (χ0) is 17.3. The van der Waals surface area contributed by atoms with Gasteiger partial charge in [-0.2, -0.15) is 0 Å². The molecule has 0 unspecified atom stereocenters. The molecule has 0 aliphatic heterocycles. The van der Waals surface area contributed by atoms with Gasteiger partial charge in [0.2, 0.25) is 5.91 Å². The number of nitrogens with one attached hydrogen (secondary N) is 1. The van der Waals surface area contributed by atoms with Crippen LogP contribution in [0.4, 0.5) is 4.39 Å². The molecule has 0 radical (unpaired) electrons. The molecule has 25 heavy (non-hydrogen) atoms. The second-order valence-corrected chi connectivity index (χ2v) is 6.37. The Morgan fingerprint density at radius 1 is 1.16 bits per heavy atom. The Hall–Kier alpha value is -2.95. The zero-order valence-corrected chi connectivity index (χ0v) is 13.5. The van der Waals surface area contributed by atoms with Gasteiger partial charge < -0.3 is 9.73 Å². The Morgan fingerprint density at radius 3 is 2.64 bits per heavy atom. The summed E-state index contributed by atoms with van der Waals surface area (Å²) >= 11 is 0. The number of hydrogen-bond donors (Lipinski definition) is 1. The van der Waals surface area contributed by atoms with Gasteiger partial charge in [-0.25, -0.2) is 4.39 Å². The Morgan fingerprint density at radius 2 is 1.96 bits per heavy atom. The molecule has 4 rings (SSSR count). The van der Waals surface area contributed by atoms with E-state index < -0.39 is 5.41 Å². The molecule has 1 aromatic carbocycles. The Bertz CT molecular complexity index is 884. The zero-order valence-electron chi connectivity index (χ0n) is 13.5. The standard InChI is InChI=1S/C20H17FN2O2/c21-18-3-1-17(2-4-18)20(6-7-20)19(24)23-11-14-9-16(12-22-10-14)15-5-8-25-13-15/h1-5,8-10,12-13H,6-7,11H2,(H,23,24). The molecule has 1 N–H and O–H groups in total. The first kappa shape index (κ1) is 15.6. The minimum Gasteiger partial charge on any atom is -0.472 e. The van der Waals surface area contributed by atoms with Crippen molar-refractivity contribution < 1.29 is 13.6 Å². The van der Waals surface area contributed by atoms with Gasteiger partial charge in [-0.1, -0.05) is 12.1 Å². The van der Waals surface area contributed by atoms with E-state index in [1.807, 2.05) is 12.1 Å². The normalized spacial score (nSPS) is 14.9. The summed E-state index contributed by atoms with van der Waals surface area (Å²) in [6.07, 6.45) is 8.35. The molecule has 0 bridgehead atoms. The van der Waals surface area contributed by atoms with Crippen molar-refractivity contribution in [2.45, 2.75) is 24.8 Å². The molecule has 126 valence electrons. The number of benzene rings is 1. The van der Waals surface area contributed by atoms with Crippen LogP contribution in [0.15, 0.2) is 65.7 Å². The van der Waals surface area contributed by atoms with Crippen molar-refractivity contribution in [2.75, 3.05) is 0 Å². The summed E-state index contributed by atoms with van der Waals surface area (Å²) < 4.78 is 18.2. The van der Waals surface area contributed by atoms with E-state index in [-0.39, 0.29) is 11.7 Å². The van der Waals surface area contributed by atoms with Gasteiger partial charge in [0.05, 0.1) is 17.9 Å². The maximum absolute atomic E-state index is 13.1. The molecule has 0 atom stereocenters. The third-order valence-electron chi connectivity index (χ3n) is 4.68. The van der Waals surface area contributed by atoms with Crippen molar-refractivity contribution in [3.8, 4) is 11.1 Å². The van der Waals surface area contributed by atoms with Crippen LogP contribution in [0.3, 0.4) is 0 Å². The maximum atomic E-state index is 13.1. The molecule has 0 spiro atoms. The third-order valence-corrected chi connectivity index (χ3v) is 4.68. The van der Waals surface area contributed by atoms with Crippen LogP contribution in [0.2, 0.25) is 0 Å². The smallest absolute Gasteiger partial charge is 0.230 e. The second-order valence-electron chi connectivity index (χ2n) is 6.37. The Labute approximate surface area is 144 Å². The number of carbonyl (C=O) groups is 1. The lowest BCUT2D eigenvalue weighted by molar-refractivity contribution is -0.123. The fraction of sp³-hybridized carbons (Fsp3) is 0.200. The van der Waals surface area contributed by atoms with E-state index in [2.05, 4.69) is 10.3 Å². The molecule has 5 heteroatoms. The monoisotopic (exact) mass is 336 g/mol. The molecule has 1 saturated carbocycles. The SMILES string of the molecule is O=C(NCc1cncc(-c2ccoc2)c1)C1(c2ccc(F)cc2)CC1. The average molecular weight is 336 g/mol. The summed E-state index contributed by atoms with van der Waals surface area (Å²) in [7, 11) is 0.